The van der Waals surface area contributed by atoms with Crippen LogP contribution < -0.4 is 10.6 Å². The summed E-state index contributed by atoms with van der Waals surface area (Å²) in [7, 11) is 3.69. The monoisotopic (exact) mass is 318 g/mol. The van der Waals surface area contributed by atoms with Crippen LogP contribution in [0.4, 0.5) is 0 Å². The molecule has 2 rings (SSSR count). The fraction of sp³-hybridized carbons (Fsp3) is 0.400. The van der Waals surface area contributed by atoms with Gasteiger partial charge in [-0.25, -0.2) is 0 Å². The van der Waals surface area contributed by atoms with Crippen LogP contribution in [-0.2, 0) is 13.6 Å². The molecule has 1 aromatic heterocycles. The van der Waals surface area contributed by atoms with Crippen molar-refractivity contribution in [2.75, 3.05) is 13.6 Å². The summed E-state index contributed by atoms with van der Waals surface area (Å²) in [6, 6.07) is 10.4. The van der Waals surface area contributed by atoms with Crippen LogP contribution in [0.3, 0.4) is 0 Å². The minimum absolute atomic E-state index is 0.441. The van der Waals surface area contributed by atoms with E-state index in [1.54, 1.807) is 13.4 Å². The topological polar surface area (TPSA) is 67.1 Å². The third-order valence-electron chi connectivity index (χ3n) is 3.08. The van der Waals surface area contributed by atoms with E-state index in [9.17, 15) is 0 Å². The zero-order valence-corrected chi connectivity index (χ0v) is 14.0. The van der Waals surface area contributed by atoms with E-state index >= 15 is 0 Å². The third-order valence-corrected chi connectivity index (χ3v) is 4.19. The molecule has 118 valence electrons. The van der Waals surface area contributed by atoms with E-state index in [0.717, 1.165) is 18.3 Å². The van der Waals surface area contributed by atoms with Crippen molar-refractivity contribution in [3.8, 4) is 0 Å². The van der Waals surface area contributed by atoms with Crippen molar-refractivity contribution in [1.82, 2.24) is 25.4 Å². The van der Waals surface area contributed by atoms with E-state index in [0.29, 0.717) is 11.8 Å². The molecule has 0 aliphatic carbocycles. The quantitative estimate of drug-likeness (QED) is 0.482. The van der Waals surface area contributed by atoms with Gasteiger partial charge in [0.1, 0.15) is 6.33 Å². The van der Waals surface area contributed by atoms with Crippen LogP contribution in [0.2, 0.25) is 0 Å². The molecule has 2 N–H and O–H groups in total. The Labute approximate surface area is 135 Å². The summed E-state index contributed by atoms with van der Waals surface area (Å²) in [6.07, 6.45) is 1.69. The first-order valence-corrected chi connectivity index (χ1v) is 8.06. The van der Waals surface area contributed by atoms with Gasteiger partial charge < -0.3 is 15.2 Å². The number of benzene rings is 1. The molecule has 0 saturated carbocycles. The summed E-state index contributed by atoms with van der Waals surface area (Å²) in [5.41, 5.74) is 0. The molecule has 0 radical (unpaired) electrons. The Kier molecular flexibility index (Phi) is 6.27. The zero-order chi connectivity index (χ0) is 15.8. The standard InChI is InChI=1S/C15H22N6S/c1-12(22-13-7-5-4-6-8-13)9-17-15(16-2)18-10-14-20-19-11-21(14)3/h4-8,11-12H,9-10H2,1-3H3,(H2,16,17,18). The van der Waals surface area contributed by atoms with Crippen molar-refractivity contribution in [3.63, 3.8) is 0 Å². The van der Waals surface area contributed by atoms with E-state index in [2.05, 4.69) is 57.0 Å². The highest BCUT2D eigenvalue weighted by Gasteiger charge is 2.07. The Morgan fingerprint density at radius 3 is 2.73 bits per heavy atom. The molecule has 0 amide bonds. The zero-order valence-electron chi connectivity index (χ0n) is 13.2. The Morgan fingerprint density at radius 1 is 1.32 bits per heavy atom. The maximum Gasteiger partial charge on any atom is 0.191 e. The fourth-order valence-electron chi connectivity index (χ4n) is 1.86. The molecular weight excluding hydrogens is 296 g/mol. The largest absolute Gasteiger partial charge is 0.355 e. The number of hydrogen-bond donors (Lipinski definition) is 2. The first kappa shape index (κ1) is 16.4. The van der Waals surface area contributed by atoms with Gasteiger partial charge >= 0.3 is 0 Å². The predicted molar refractivity (Wildman–Crippen MR) is 91.0 cm³/mol. The molecule has 1 unspecified atom stereocenters. The maximum atomic E-state index is 4.22. The number of aliphatic imine (C=N–C) groups is 1. The molecule has 6 nitrogen and oxygen atoms in total. The molecule has 1 heterocycles. The van der Waals surface area contributed by atoms with Crippen molar-refractivity contribution in [2.24, 2.45) is 12.0 Å². The number of aryl methyl sites for hydroxylation is 1. The first-order chi connectivity index (χ1) is 10.7. The summed E-state index contributed by atoms with van der Waals surface area (Å²) in [5, 5.41) is 14.9. The van der Waals surface area contributed by atoms with Gasteiger partial charge in [-0.3, -0.25) is 4.99 Å². The minimum Gasteiger partial charge on any atom is -0.355 e. The molecule has 1 aromatic carbocycles. The average molecular weight is 318 g/mol. The molecule has 7 heteroatoms. The number of rotatable bonds is 6. The van der Waals surface area contributed by atoms with Crippen LogP contribution in [0.1, 0.15) is 12.7 Å². The van der Waals surface area contributed by atoms with E-state index in [4.69, 9.17) is 0 Å². The second kappa shape index (κ2) is 8.43. The van der Waals surface area contributed by atoms with E-state index in [1.807, 2.05) is 29.4 Å². The second-order valence-electron chi connectivity index (χ2n) is 4.91. The molecular formula is C15H22N6S. The highest BCUT2D eigenvalue weighted by molar-refractivity contribution is 8.00. The van der Waals surface area contributed by atoms with Gasteiger partial charge in [0.25, 0.3) is 0 Å². The predicted octanol–water partition coefficient (Wildman–Crippen LogP) is 1.66. The Hall–Kier alpha value is -2.02. The number of nitrogens with one attached hydrogen (secondary N) is 2. The van der Waals surface area contributed by atoms with Crippen LogP contribution in [0, 0.1) is 0 Å². The van der Waals surface area contributed by atoms with E-state index in [-0.39, 0.29) is 0 Å². The van der Waals surface area contributed by atoms with Crippen LogP contribution in [-0.4, -0.2) is 39.6 Å². The average Bonchev–Trinajstić information content (AvgIpc) is 2.94. The number of hydrogen-bond acceptors (Lipinski definition) is 4. The molecule has 0 bridgehead atoms. The highest BCUT2D eigenvalue weighted by Crippen LogP contribution is 2.21. The van der Waals surface area contributed by atoms with Gasteiger partial charge in [-0.1, -0.05) is 25.1 Å². The van der Waals surface area contributed by atoms with Crippen molar-refractivity contribution in [2.45, 2.75) is 23.6 Å². The fourth-order valence-corrected chi connectivity index (χ4v) is 2.81. The molecule has 22 heavy (non-hydrogen) atoms. The lowest BCUT2D eigenvalue weighted by atomic mass is 10.4. The minimum atomic E-state index is 0.441. The summed E-state index contributed by atoms with van der Waals surface area (Å²) in [6.45, 7) is 3.62. The van der Waals surface area contributed by atoms with Crippen molar-refractivity contribution < 1.29 is 0 Å². The summed E-state index contributed by atoms with van der Waals surface area (Å²) < 4.78 is 1.88. The first-order valence-electron chi connectivity index (χ1n) is 7.18. The second-order valence-corrected chi connectivity index (χ2v) is 6.42. The Morgan fingerprint density at radius 2 is 2.09 bits per heavy atom. The van der Waals surface area contributed by atoms with Gasteiger partial charge in [-0.05, 0) is 12.1 Å². The van der Waals surface area contributed by atoms with Gasteiger partial charge in [0, 0.05) is 30.8 Å². The summed E-state index contributed by atoms with van der Waals surface area (Å²) in [5.74, 6) is 1.64. The number of aromatic nitrogens is 3. The third kappa shape index (κ3) is 5.07. The highest BCUT2D eigenvalue weighted by atomic mass is 32.2. The smallest absolute Gasteiger partial charge is 0.191 e. The van der Waals surface area contributed by atoms with Crippen molar-refractivity contribution in [3.05, 3.63) is 42.5 Å². The van der Waals surface area contributed by atoms with Crippen LogP contribution in [0.25, 0.3) is 0 Å². The van der Waals surface area contributed by atoms with Gasteiger partial charge in [-0.2, -0.15) is 0 Å². The normalized spacial score (nSPS) is 13.0. The SMILES string of the molecule is CN=C(NCc1nncn1C)NCC(C)Sc1ccccc1. The van der Waals surface area contributed by atoms with Crippen molar-refractivity contribution in [1.29, 1.82) is 0 Å². The lowest BCUT2D eigenvalue weighted by Crippen LogP contribution is -2.40. The Balaban J connectivity index is 1.75. The van der Waals surface area contributed by atoms with Crippen LogP contribution in [0.5, 0.6) is 0 Å². The van der Waals surface area contributed by atoms with Gasteiger partial charge in [0.05, 0.1) is 6.54 Å². The molecule has 2 aromatic rings. The lowest BCUT2D eigenvalue weighted by molar-refractivity contribution is 0.723. The van der Waals surface area contributed by atoms with Gasteiger partial charge in [-0.15, -0.1) is 22.0 Å². The van der Waals surface area contributed by atoms with Gasteiger partial charge in [0.15, 0.2) is 11.8 Å². The lowest BCUT2D eigenvalue weighted by Gasteiger charge is -2.15. The number of thioether (sulfide) groups is 1. The summed E-state index contributed by atoms with van der Waals surface area (Å²) >= 11 is 1.84. The van der Waals surface area contributed by atoms with Gasteiger partial charge in [0.2, 0.25) is 0 Å². The van der Waals surface area contributed by atoms with Crippen molar-refractivity contribution >= 4 is 17.7 Å². The maximum absolute atomic E-state index is 4.22. The van der Waals surface area contributed by atoms with E-state index < -0.39 is 0 Å². The molecule has 0 aliphatic heterocycles. The molecule has 0 saturated heterocycles. The molecule has 1 atom stereocenters. The number of nitrogens with zero attached hydrogens (tertiary/aromatic N) is 4. The Bertz CT molecular complexity index is 595. The number of guanidine groups is 1. The van der Waals surface area contributed by atoms with Crippen LogP contribution in [0.15, 0.2) is 46.5 Å². The molecule has 0 aliphatic rings. The van der Waals surface area contributed by atoms with Crippen LogP contribution >= 0.6 is 11.8 Å². The summed E-state index contributed by atoms with van der Waals surface area (Å²) in [4.78, 5) is 5.50. The molecule has 0 fully saturated rings. The van der Waals surface area contributed by atoms with E-state index in [1.165, 1.54) is 4.90 Å². The molecule has 0 spiro atoms.